The van der Waals surface area contributed by atoms with Gasteiger partial charge in [-0.15, -0.1) is 0 Å². The van der Waals surface area contributed by atoms with Crippen molar-refractivity contribution >= 4 is 21.6 Å². The summed E-state index contributed by atoms with van der Waals surface area (Å²) < 4.78 is 27.0. The predicted octanol–water partition coefficient (Wildman–Crippen LogP) is 3.35. The molecule has 0 aliphatic rings. The lowest BCUT2D eigenvalue weighted by Gasteiger charge is -2.22. The predicted molar refractivity (Wildman–Crippen MR) is 100 cm³/mol. The number of anilines is 1. The molecule has 1 N–H and O–H groups in total. The lowest BCUT2D eigenvalue weighted by molar-refractivity contribution is 0.0919. The Morgan fingerprint density at radius 2 is 1.64 bits per heavy atom. The molecular formula is C19H24N2O3S. The van der Waals surface area contributed by atoms with Crippen molar-refractivity contribution in [2.45, 2.75) is 38.1 Å². The molecule has 0 fully saturated rings. The van der Waals surface area contributed by atoms with Gasteiger partial charge in [-0.05, 0) is 58.0 Å². The highest BCUT2D eigenvalue weighted by Crippen LogP contribution is 2.23. The molecule has 5 nitrogen and oxygen atoms in total. The van der Waals surface area contributed by atoms with Crippen LogP contribution in [0.4, 0.5) is 5.69 Å². The van der Waals surface area contributed by atoms with Crippen LogP contribution in [0, 0.1) is 6.92 Å². The average molecular weight is 360 g/mol. The first-order valence-electron chi connectivity index (χ1n) is 7.99. The second-order valence-electron chi connectivity index (χ2n) is 7.04. The number of nitrogens with zero attached hydrogens (tertiary/aromatic N) is 1. The van der Waals surface area contributed by atoms with Gasteiger partial charge in [0, 0.05) is 18.2 Å². The molecule has 2 rings (SSSR count). The summed E-state index contributed by atoms with van der Waals surface area (Å²) in [6.45, 7) is 7.56. The van der Waals surface area contributed by atoms with Crippen LogP contribution in [0.25, 0.3) is 0 Å². The van der Waals surface area contributed by atoms with Crippen LogP contribution in [-0.4, -0.2) is 26.9 Å². The summed E-state index contributed by atoms with van der Waals surface area (Å²) >= 11 is 0. The Morgan fingerprint density at radius 3 is 2.20 bits per heavy atom. The van der Waals surface area contributed by atoms with Crippen molar-refractivity contribution in [3.05, 3.63) is 59.7 Å². The number of aryl methyl sites for hydroxylation is 1. The van der Waals surface area contributed by atoms with Gasteiger partial charge in [-0.1, -0.05) is 23.8 Å². The molecule has 0 aromatic heterocycles. The molecule has 0 saturated carbocycles. The van der Waals surface area contributed by atoms with Crippen molar-refractivity contribution in [3.63, 3.8) is 0 Å². The van der Waals surface area contributed by atoms with E-state index in [0.717, 1.165) is 5.56 Å². The van der Waals surface area contributed by atoms with E-state index in [1.54, 1.807) is 24.3 Å². The zero-order valence-electron chi connectivity index (χ0n) is 15.2. The largest absolute Gasteiger partial charge is 0.347 e. The number of carbonyl (C=O) groups is 1. The summed E-state index contributed by atoms with van der Waals surface area (Å²) in [5, 5.41) is 2.83. The van der Waals surface area contributed by atoms with Crippen molar-refractivity contribution in [1.82, 2.24) is 5.32 Å². The maximum Gasteiger partial charge on any atom is 0.264 e. The number of hydrogen-bond donors (Lipinski definition) is 1. The van der Waals surface area contributed by atoms with Crippen LogP contribution in [0.3, 0.4) is 0 Å². The van der Waals surface area contributed by atoms with E-state index in [0.29, 0.717) is 11.3 Å². The highest BCUT2D eigenvalue weighted by molar-refractivity contribution is 7.92. The number of rotatable bonds is 4. The Hall–Kier alpha value is -2.34. The second-order valence-corrected chi connectivity index (χ2v) is 9.01. The Balaban J connectivity index is 2.35. The number of carbonyl (C=O) groups excluding carboxylic acids is 1. The third kappa shape index (κ3) is 4.60. The molecule has 0 heterocycles. The van der Waals surface area contributed by atoms with Crippen LogP contribution in [0.5, 0.6) is 0 Å². The van der Waals surface area contributed by atoms with E-state index in [2.05, 4.69) is 5.32 Å². The molecule has 2 aromatic carbocycles. The monoisotopic (exact) mass is 360 g/mol. The van der Waals surface area contributed by atoms with Crippen molar-refractivity contribution in [2.75, 3.05) is 11.4 Å². The molecule has 134 valence electrons. The normalized spacial score (nSPS) is 11.9. The van der Waals surface area contributed by atoms with E-state index >= 15 is 0 Å². The lowest BCUT2D eigenvalue weighted by Crippen LogP contribution is -2.40. The fourth-order valence-electron chi connectivity index (χ4n) is 2.26. The van der Waals surface area contributed by atoms with Crippen LogP contribution in [-0.2, 0) is 10.0 Å². The summed E-state index contributed by atoms with van der Waals surface area (Å²) in [5.74, 6) is -0.303. The van der Waals surface area contributed by atoms with Gasteiger partial charge in [0.25, 0.3) is 15.9 Å². The summed E-state index contributed by atoms with van der Waals surface area (Å²) in [7, 11) is -2.25. The molecule has 0 spiro atoms. The van der Waals surface area contributed by atoms with Crippen LogP contribution < -0.4 is 9.62 Å². The zero-order valence-corrected chi connectivity index (χ0v) is 16.0. The summed E-state index contributed by atoms with van der Waals surface area (Å²) in [5.41, 5.74) is 1.53. The topological polar surface area (TPSA) is 66.5 Å². The van der Waals surface area contributed by atoms with Crippen LogP contribution >= 0.6 is 0 Å². The Bertz CT molecular complexity index is 866. The molecule has 0 unspecified atom stereocenters. The van der Waals surface area contributed by atoms with E-state index in [1.807, 2.05) is 39.8 Å². The van der Waals surface area contributed by atoms with Gasteiger partial charge in [-0.25, -0.2) is 8.42 Å². The minimum absolute atomic E-state index is 0.0807. The molecule has 25 heavy (non-hydrogen) atoms. The van der Waals surface area contributed by atoms with Crippen molar-refractivity contribution < 1.29 is 13.2 Å². The minimum Gasteiger partial charge on any atom is -0.347 e. The minimum atomic E-state index is -3.75. The Labute approximate surface area is 149 Å². The van der Waals surface area contributed by atoms with Crippen molar-refractivity contribution in [2.24, 2.45) is 0 Å². The number of sulfonamides is 1. The maximum atomic E-state index is 12.9. The summed E-state index contributed by atoms with van der Waals surface area (Å²) in [6, 6.07) is 13.3. The number of amides is 1. The standard InChI is InChI=1S/C19H24N2O3S/c1-14-9-11-16(12-10-14)21(5)25(23,24)17-8-6-7-15(13-17)18(22)20-19(2,3)4/h6-13H,1-5H3,(H,20,22). The van der Waals surface area contributed by atoms with Crippen LogP contribution in [0.15, 0.2) is 53.4 Å². The van der Waals surface area contributed by atoms with Gasteiger partial charge in [0.1, 0.15) is 0 Å². The zero-order chi connectivity index (χ0) is 18.8. The van der Waals surface area contributed by atoms with Gasteiger partial charge in [-0.3, -0.25) is 9.10 Å². The number of benzene rings is 2. The molecule has 0 aliphatic heterocycles. The average Bonchev–Trinajstić information content (AvgIpc) is 2.53. The fourth-order valence-corrected chi connectivity index (χ4v) is 3.50. The molecule has 0 saturated heterocycles. The van der Waals surface area contributed by atoms with E-state index in [4.69, 9.17) is 0 Å². The van der Waals surface area contributed by atoms with Gasteiger partial charge in [-0.2, -0.15) is 0 Å². The molecule has 6 heteroatoms. The first-order chi connectivity index (χ1) is 11.5. The first kappa shape index (κ1) is 19.0. The van der Waals surface area contributed by atoms with Crippen LogP contribution in [0.1, 0.15) is 36.7 Å². The Morgan fingerprint density at radius 1 is 1.04 bits per heavy atom. The summed E-state index contributed by atoms with van der Waals surface area (Å²) in [6.07, 6.45) is 0. The molecule has 0 radical (unpaired) electrons. The van der Waals surface area contributed by atoms with E-state index in [-0.39, 0.29) is 10.8 Å². The molecule has 1 amide bonds. The van der Waals surface area contributed by atoms with E-state index in [1.165, 1.54) is 23.5 Å². The lowest BCUT2D eigenvalue weighted by atomic mass is 10.1. The molecule has 2 aromatic rings. The van der Waals surface area contributed by atoms with E-state index in [9.17, 15) is 13.2 Å². The Kier molecular flexibility index (Phi) is 5.23. The first-order valence-corrected chi connectivity index (χ1v) is 9.43. The highest BCUT2D eigenvalue weighted by Gasteiger charge is 2.23. The van der Waals surface area contributed by atoms with Gasteiger partial charge in [0.15, 0.2) is 0 Å². The third-order valence-corrected chi connectivity index (χ3v) is 5.42. The van der Waals surface area contributed by atoms with Gasteiger partial charge in [0.05, 0.1) is 10.6 Å². The highest BCUT2D eigenvalue weighted by atomic mass is 32.2. The SMILES string of the molecule is Cc1ccc(N(C)S(=O)(=O)c2cccc(C(=O)NC(C)(C)C)c2)cc1. The smallest absolute Gasteiger partial charge is 0.264 e. The molecular weight excluding hydrogens is 336 g/mol. The fraction of sp³-hybridized carbons (Fsp3) is 0.316. The van der Waals surface area contributed by atoms with Crippen molar-refractivity contribution in [3.8, 4) is 0 Å². The van der Waals surface area contributed by atoms with E-state index < -0.39 is 15.6 Å². The second kappa shape index (κ2) is 6.88. The van der Waals surface area contributed by atoms with Gasteiger partial charge >= 0.3 is 0 Å². The third-order valence-electron chi connectivity index (χ3n) is 3.64. The van der Waals surface area contributed by atoms with Crippen LogP contribution in [0.2, 0.25) is 0 Å². The summed E-state index contributed by atoms with van der Waals surface area (Å²) in [4.78, 5) is 12.4. The number of nitrogens with one attached hydrogen (secondary N) is 1. The van der Waals surface area contributed by atoms with Gasteiger partial charge in [0.2, 0.25) is 0 Å². The molecule has 0 atom stereocenters. The quantitative estimate of drug-likeness (QED) is 0.909. The molecule has 0 aliphatic carbocycles. The molecule has 0 bridgehead atoms. The van der Waals surface area contributed by atoms with Gasteiger partial charge < -0.3 is 5.32 Å². The van der Waals surface area contributed by atoms with Crippen molar-refractivity contribution in [1.29, 1.82) is 0 Å². The maximum absolute atomic E-state index is 12.9. The number of hydrogen-bond acceptors (Lipinski definition) is 3.